The Hall–Kier alpha value is -4.55. The molecule has 0 aliphatic carbocycles. The molecule has 0 saturated carbocycles. The van der Waals surface area contributed by atoms with Gasteiger partial charge in [0.2, 0.25) is 11.7 Å². The van der Waals surface area contributed by atoms with Gasteiger partial charge in [0.1, 0.15) is 11.4 Å². The molecule has 1 N–H and O–H groups in total. The number of carbonyl (C=O) groups is 2. The van der Waals surface area contributed by atoms with E-state index in [-0.39, 0.29) is 23.3 Å². The fraction of sp³-hybridized carbons (Fsp3) is 0.200. The molecule has 2 amide bonds. The summed E-state index contributed by atoms with van der Waals surface area (Å²) in [5.74, 6) is 1.53. The zero-order valence-electron chi connectivity index (χ0n) is 23.4. The van der Waals surface area contributed by atoms with Crippen LogP contribution >= 0.6 is 23.1 Å². The van der Waals surface area contributed by atoms with Crippen molar-refractivity contribution in [3.63, 3.8) is 0 Å². The number of benzene rings is 3. The molecule has 12 heteroatoms. The van der Waals surface area contributed by atoms with Gasteiger partial charge in [0.15, 0.2) is 21.8 Å². The zero-order chi connectivity index (χ0) is 29.6. The molecule has 5 rings (SSSR count). The molecule has 42 heavy (non-hydrogen) atoms. The van der Waals surface area contributed by atoms with E-state index in [1.54, 1.807) is 18.2 Å². The number of amides is 2. The maximum atomic E-state index is 13.6. The molecule has 4 aromatic rings. The summed E-state index contributed by atoms with van der Waals surface area (Å²) in [4.78, 5) is 37.1. The molecule has 0 radical (unpaired) electrons. The molecule has 0 bridgehead atoms. The molecule has 0 saturated heterocycles. The van der Waals surface area contributed by atoms with E-state index in [1.165, 1.54) is 37.6 Å². The summed E-state index contributed by atoms with van der Waals surface area (Å²) in [6, 6.07) is 18.2. The molecule has 1 aliphatic rings. The van der Waals surface area contributed by atoms with E-state index >= 15 is 0 Å². The van der Waals surface area contributed by atoms with Crippen LogP contribution in [0.15, 0.2) is 71.4 Å². The quantitative estimate of drug-likeness (QED) is 0.225. The first-order chi connectivity index (χ1) is 20.4. The number of nitrogens with zero attached hydrogens (tertiary/aromatic N) is 3. The number of ether oxygens (including phenoxy) is 4. The van der Waals surface area contributed by atoms with Gasteiger partial charge in [0.05, 0.1) is 49.6 Å². The topological polar surface area (TPSA) is 112 Å². The van der Waals surface area contributed by atoms with Crippen LogP contribution in [0.4, 0.5) is 10.8 Å². The van der Waals surface area contributed by atoms with E-state index in [0.717, 1.165) is 27.7 Å². The fourth-order valence-corrected chi connectivity index (χ4v) is 5.96. The van der Waals surface area contributed by atoms with Crippen molar-refractivity contribution in [2.45, 2.75) is 6.92 Å². The zero-order valence-corrected chi connectivity index (χ0v) is 25.0. The minimum absolute atomic E-state index is 0.0209. The van der Waals surface area contributed by atoms with Gasteiger partial charge in [-0.05, 0) is 61.0 Å². The summed E-state index contributed by atoms with van der Waals surface area (Å²) < 4.78 is 22.8. The molecule has 10 nitrogen and oxygen atoms in total. The van der Waals surface area contributed by atoms with Gasteiger partial charge >= 0.3 is 0 Å². The monoisotopic (exact) mass is 604 g/mol. The van der Waals surface area contributed by atoms with E-state index in [9.17, 15) is 9.59 Å². The minimum Gasteiger partial charge on any atom is -0.494 e. The van der Waals surface area contributed by atoms with Gasteiger partial charge in [0.25, 0.3) is 5.91 Å². The van der Waals surface area contributed by atoms with Gasteiger partial charge in [-0.25, -0.2) is 9.98 Å². The molecular weight excluding hydrogens is 576 g/mol. The first kappa shape index (κ1) is 29.0. The molecule has 0 atom stereocenters. The third kappa shape index (κ3) is 6.19. The predicted molar refractivity (Wildman–Crippen MR) is 167 cm³/mol. The molecule has 1 aliphatic heterocycles. The summed E-state index contributed by atoms with van der Waals surface area (Å²) in [6.07, 6.45) is 1.65. The van der Waals surface area contributed by atoms with Gasteiger partial charge < -0.3 is 24.3 Å². The van der Waals surface area contributed by atoms with Crippen LogP contribution in [0.25, 0.3) is 16.3 Å². The maximum absolute atomic E-state index is 13.6. The second-order valence-corrected chi connectivity index (χ2v) is 10.8. The highest BCUT2D eigenvalue weighted by Gasteiger charge is 2.32. The molecule has 216 valence electrons. The van der Waals surface area contributed by atoms with Crippen molar-refractivity contribution in [2.24, 2.45) is 4.99 Å². The minimum atomic E-state index is -0.325. The standard InChI is InChI=1S/C30H28N4O6S2/c1-5-40-20-11-12-21-25(16-20)42-29(31-21)33-26(35)17-41-30-32-22(28(36)34(30)19-9-7-6-8-10-19)13-18-14-23(37-2)27(39-4)24(15-18)38-3/h6-16H,5,17H2,1-4H3,(H,31,33,35)/b22-13-. The number of anilines is 2. The number of aromatic nitrogens is 1. The van der Waals surface area contributed by atoms with Gasteiger partial charge in [0, 0.05) is 0 Å². The predicted octanol–water partition coefficient (Wildman–Crippen LogP) is 5.84. The van der Waals surface area contributed by atoms with Crippen LogP contribution in [0, 0.1) is 0 Å². The summed E-state index contributed by atoms with van der Waals surface area (Å²) in [5.41, 5.74) is 2.25. The normalized spacial score (nSPS) is 13.8. The van der Waals surface area contributed by atoms with E-state index < -0.39 is 0 Å². The second kappa shape index (κ2) is 13.0. The largest absolute Gasteiger partial charge is 0.494 e. The Morgan fingerprint density at radius 3 is 2.43 bits per heavy atom. The third-order valence-corrected chi connectivity index (χ3v) is 7.96. The van der Waals surface area contributed by atoms with E-state index in [2.05, 4.69) is 15.3 Å². The second-order valence-electron chi connectivity index (χ2n) is 8.78. The van der Waals surface area contributed by atoms with Crippen LogP contribution < -0.4 is 29.2 Å². The average Bonchev–Trinajstić information content (AvgIpc) is 3.54. The molecule has 1 aromatic heterocycles. The highest BCUT2D eigenvalue weighted by Crippen LogP contribution is 2.39. The number of para-hydroxylation sites is 1. The average molecular weight is 605 g/mol. The number of thioether (sulfide) groups is 1. The van der Waals surface area contributed by atoms with Gasteiger partial charge in [-0.2, -0.15) is 0 Å². The number of hydrogen-bond donors (Lipinski definition) is 1. The van der Waals surface area contributed by atoms with E-state index in [4.69, 9.17) is 18.9 Å². The number of carbonyl (C=O) groups excluding carboxylic acids is 2. The number of aliphatic imine (C=N–C) groups is 1. The number of methoxy groups -OCH3 is 3. The number of fused-ring (bicyclic) bond motifs is 1. The smallest absolute Gasteiger partial charge is 0.283 e. The number of amidine groups is 1. The Labute approximate surface area is 251 Å². The molecule has 3 aromatic carbocycles. The molecule has 0 fully saturated rings. The van der Waals surface area contributed by atoms with Gasteiger partial charge in [-0.1, -0.05) is 41.3 Å². The van der Waals surface area contributed by atoms with Crippen LogP contribution in [0.2, 0.25) is 0 Å². The lowest BCUT2D eigenvalue weighted by molar-refractivity contribution is -0.114. The van der Waals surface area contributed by atoms with Crippen molar-refractivity contribution in [3.05, 3.63) is 71.9 Å². The van der Waals surface area contributed by atoms with Crippen molar-refractivity contribution in [1.29, 1.82) is 0 Å². The summed E-state index contributed by atoms with van der Waals surface area (Å²) in [7, 11) is 4.57. The Bertz CT molecular complexity index is 1660. The molecular formula is C30H28N4O6S2. The van der Waals surface area contributed by atoms with Crippen LogP contribution in [-0.4, -0.2) is 55.7 Å². The molecule has 0 spiro atoms. The van der Waals surface area contributed by atoms with E-state index in [1.807, 2.05) is 55.5 Å². The third-order valence-electron chi connectivity index (χ3n) is 6.08. The lowest BCUT2D eigenvalue weighted by Gasteiger charge is -2.17. The Morgan fingerprint density at radius 2 is 1.76 bits per heavy atom. The van der Waals surface area contributed by atoms with Crippen molar-refractivity contribution in [3.8, 4) is 23.0 Å². The first-order valence-corrected chi connectivity index (χ1v) is 14.7. The first-order valence-electron chi connectivity index (χ1n) is 12.9. The van der Waals surface area contributed by atoms with Crippen LogP contribution in [-0.2, 0) is 9.59 Å². The Morgan fingerprint density at radius 1 is 1.02 bits per heavy atom. The van der Waals surface area contributed by atoms with Gasteiger partial charge in [-0.3, -0.25) is 14.5 Å². The van der Waals surface area contributed by atoms with Crippen molar-refractivity contribution in [2.75, 3.05) is 43.9 Å². The van der Waals surface area contributed by atoms with Crippen molar-refractivity contribution in [1.82, 2.24) is 4.98 Å². The summed E-state index contributed by atoms with van der Waals surface area (Å²) >= 11 is 2.53. The van der Waals surface area contributed by atoms with Crippen LogP contribution in [0.5, 0.6) is 23.0 Å². The van der Waals surface area contributed by atoms with Crippen LogP contribution in [0.1, 0.15) is 12.5 Å². The Balaban J connectivity index is 1.38. The lowest BCUT2D eigenvalue weighted by atomic mass is 10.1. The SMILES string of the molecule is CCOc1ccc2nc(NC(=O)CSC3=N/C(=C\c4cc(OC)c(OC)c(OC)c4)C(=O)N3c3ccccc3)sc2c1. The maximum Gasteiger partial charge on any atom is 0.283 e. The Kier molecular flexibility index (Phi) is 8.94. The highest BCUT2D eigenvalue weighted by atomic mass is 32.2. The highest BCUT2D eigenvalue weighted by molar-refractivity contribution is 8.14. The number of hydrogen-bond acceptors (Lipinski definition) is 10. The molecule has 0 unspecified atom stereocenters. The lowest BCUT2D eigenvalue weighted by Crippen LogP contribution is -2.31. The number of thiazole rings is 1. The van der Waals surface area contributed by atoms with E-state index in [0.29, 0.717) is 45.4 Å². The number of nitrogens with one attached hydrogen (secondary N) is 1. The summed E-state index contributed by atoms with van der Waals surface area (Å²) in [5, 5.41) is 3.72. The number of rotatable bonds is 10. The summed E-state index contributed by atoms with van der Waals surface area (Å²) in [6.45, 7) is 2.49. The molecule has 2 heterocycles. The van der Waals surface area contributed by atoms with Crippen molar-refractivity contribution >= 4 is 67.2 Å². The fourth-order valence-electron chi connectivity index (χ4n) is 4.24. The van der Waals surface area contributed by atoms with Crippen LogP contribution in [0.3, 0.4) is 0 Å². The van der Waals surface area contributed by atoms with Crippen molar-refractivity contribution < 1.29 is 28.5 Å². The van der Waals surface area contributed by atoms with Gasteiger partial charge in [-0.15, -0.1) is 0 Å².